The summed E-state index contributed by atoms with van der Waals surface area (Å²) in [7, 11) is 0. The largest absolute Gasteiger partial charge is 0.247 e. The highest BCUT2D eigenvalue weighted by molar-refractivity contribution is 14.1. The second-order valence-electron chi connectivity index (χ2n) is 3.88. The van der Waals surface area contributed by atoms with Crippen molar-refractivity contribution in [1.82, 2.24) is 4.98 Å². The van der Waals surface area contributed by atoms with Crippen molar-refractivity contribution in [2.45, 2.75) is 0 Å². The molecule has 0 aliphatic rings. The molecule has 0 aliphatic carbocycles. The van der Waals surface area contributed by atoms with E-state index in [-0.39, 0.29) is 0 Å². The van der Waals surface area contributed by atoms with Crippen molar-refractivity contribution in [3.05, 3.63) is 64.2 Å². The van der Waals surface area contributed by atoms with Crippen molar-refractivity contribution in [2.24, 2.45) is 0 Å². The molecule has 1 nitrogen and oxygen atoms in total. The third kappa shape index (κ3) is 2.05. The fourth-order valence-corrected chi connectivity index (χ4v) is 2.66. The molecule has 0 atom stereocenters. The minimum absolute atomic E-state index is 1.05. The number of nitrogens with zero attached hydrogens (tertiary/aromatic N) is 1. The van der Waals surface area contributed by atoms with Crippen LogP contribution in [0.5, 0.6) is 0 Å². The van der Waals surface area contributed by atoms with E-state index in [4.69, 9.17) is 4.98 Å². The first-order chi connectivity index (χ1) is 8.34. The Kier molecular flexibility index (Phi) is 2.81. The van der Waals surface area contributed by atoms with Gasteiger partial charge >= 0.3 is 0 Å². The van der Waals surface area contributed by atoms with Gasteiger partial charge in [0.1, 0.15) is 0 Å². The second-order valence-corrected chi connectivity index (χ2v) is 5.04. The van der Waals surface area contributed by atoms with Crippen molar-refractivity contribution in [1.29, 1.82) is 0 Å². The van der Waals surface area contributed by atoms with Crippen LogP contribution in [0.1, 0.15) is 0 Å². The number of hydrogen-bond donors (Lipinski definition) is 0. The number of hydrogen-bond acceptors (Lipinski definition) is 1. The lowest BCUT2D eigenvalue weighted by Crippen LogP contribution is -1.89. The maximum atomic E-state index is 4.74. The predicted molar refractivity (Wildman–Crippen MR) is 79.9 cm³/mol. The van der Waals surface area contributed by atoms with Gasteiger partial charge in [-0.3, -0.25) is 0 Å². The molecule has 1 aromatic heterocycles. The van der Waals surface area contributed by atoms with Crippen LogP contribution in [0, 0.1) is 3.57 Å². The van der Waals surface area contributed by atoms with Gasteiger partial charge in [0.15, 0.2) is 0 Å². The Bertz CT molecular complexity index is 662. The lowest BCUT2D eigenvalue weighted by Gasteiger charge is -2.06. The number of rotatable bonds is 1. The molecule has 3 rings (SSSR count). The normalized spacial score (nSPS) is 10.6. The van der Waals surface area contributed by atoms with Gasteiger partial charge in [-0.2, -0.15) is 0 Å². The third-order valence-electron chi connectivity index (χ3n) is 2.72. The van der Waals surface area contributed by atoms with E-state index in [1.54, 1.807) is 0 Å². The van der Waals surface area contributed by atoms with Gasteiger partial charge in [0.2, 0.25) is 0 Å². The molecule has 0 radical (unpaired) electrons. The van der Waals surface area contributed by atoms with Crippen LogP contribution in [0.2, 0.25) is 0 Å². The fraction of sp³-hybridized carbons (Fsp3) is 0. The van der Waals surface area contributed by atoms with Crippen LogP contribution in [0.3, 0.4) is 0 Å². The van der Waals surface area contributed by atoms with Gasteiger partial charge in [-0.1, -0.05) is 48.5 Å². The molecular weight excluding hydrogens is 321 g/mol. The highest BCUT2D eigenvalue weighted by atomic mass is 127. The standard InChI is InChI=1S/C15H10IN/c16-13-10-12-8-4-5-9-14(12)17-15(13)11-6-2-1-3-7-11/h1-10H. The number of aromatic nitrogens is 1. The zero-order valence-electron chi connectivity index (χ0n) is 9.10. The van der Waals surface area contributed by atoms with Gasteiger partial charge in [-0.15, -0.1) is 0 Å². The van der Waals surface area contributed by atoms with Gasteiger partial charge in [0, 0.05) is 14.5 Å². The highest BCUT2D eigenvalue weighted by Gasteiger charge is 2.06. The molecule has 0 aliphatic heterocycles. The summed E-state index contributed by atoms with van der Waals surface area (Å²) in [4.78, 5) is 4.74. The Labute approximate surface area is 114 Å². The quantitative estimate of drug-likeness (QED) is 0.598. The maximum absolute atomic E-state index is 4.74. The molecule has 0 spiro atoms. The number of halogens is 1. The summed E-state index contributed by atoms with van der Waals surface area (Å²) in [6, 6.07) is 20.7. The van der Waals surface area contributed by atoms with Crippen LogP contribution in [0.15, 0.2) is 60.7 Å². The molecular formula is C15H10IN. The monoisotopic (exact) mass is 331 g/mol. The average Bonchev–Trinajstić information content (AvgIpc) is 2.39. The number of pyridine rings is 1. The van der Waals surface area contributed by atoms with Crippen LogP contribution >= 0.6 is 22.6 Å². The summed E-state index contributed by atoms with van der Waals surface area (Å²) in [6.45, 7) is 0. The summed E-state index contributed by atoms with van der Waals surface area (Å²) in [5.41, 5.74) is 3.28. The Morgan fingerprint density at radius 3 is 2.35 bits per heavy atom. The molecule has 0 saturated heterocycles. The minimum Gasteiger partial charge on any atom is -0.247 e. The lowest BCUT2D eigenvalue weighted by molar-refractivity contribution is 1.38. The molecule has 0 N–H and O–H groups in total. The number of benzene rings is 2. The molecule has 3 aromatic rings. The Morgan fingerprint density at radius 1 is 0.824 bits per heavy atom. The zero-order valence-corrected chi connectivity index (χ0v) is 11.3. The lowest BCUT2D eigenvalue weighted by atomic mass is 10.1. The first-order valence-electron chi connectivity index (χ1n) is 5.45. The van der Waals surface area contributed by atoms with Gasteiger partial charge < -0.3 is 0 Å². The first kappa shape index (κ1) is 10.7. The molecule has 82 valence electrons. The van der Waals surface area contributed by atoms with Crippen LogP contribution in [-0.4, -0.2) is 4.98 Å². The van der Waals surface area contributed by atoms with Crippen molar-refractivity contribution in [3.8, 4) is 11.3 Å². The zero-order chi connectivity index (χ0) is 11.7. The Balaban J connectivity index is 2.27. The summed E-state index contributed by atoms with van der Waals surface area (Å²) in [5, 5.41) is 1.19. The van der Waals surface area contributed by atoms with Crippen LogP contribution < -0.4 is 0 Å². The number of fused-ring (bicyclic) bond motifs is 1. The molecule has 1 heterocycles. The summed E-state index contributed by atoms with van der Waals surface area (Å²) in [5.74, 6) is 0. The van der Waals surface area contributed by atoms with E-state index in [9.17, 15) is 0 Å². The van der Waals surface area contributed by atoms with Crippen molar-refractivity contribution in [3.63, 3.8) is 0 Å². The van der Waals surface area contributed by atoms with E-state index in [1.807, 2.05) is 30.3 Å². The van der Waals surface area contributed by atoms with Gasteiger partial charge in [0.25, 0.3) is 0 Å². The van der Waals surface area contributed by atoms with Crippen molar-refractivity contribution in [2.75, 3.05) is 0 Å². The molecule has 17 heavy (non-hydrogen) atoms. The topological polar surface area (TPSA) is 12.9 Å². The average molecular weight is 331 g/mol. The molecule has 0 saturated carbocycles. The van der Waals surface area contributed by atoms with Gasteiger partial charge in [0.05, 0.1) is 11.2 Å². The van der Waals surface area contributed by atoms with E-state index in [0.29, 0.717) is 0 Å². The predicted octanol–water partition coefficient (Wildman–Crippen LogP) is 4.51. The summed E-state index contributed by atoms with van der Waals surface area (Å²) < 4.78 is 1.19. The molecule has 2 aromatic carbocycles. The van der Waals surface area contributed by atoms with Gasteiger partial charge in [-0.05, 0) is 34.7 Å². The van der Waals surface area contributed by atoms with Crippen molar-refractivity contribution < 1.29 is 0 Å². The second kappa shape index (κ2) is 4.45. The molecule has 0 amide bonds. The third-order valence-corrected chi connectivity index (χ3v) is 3.55. The van der Waals surface area contributed by atoms with Crippen molar-refractivity contribution >= 4 is 33.5 Å². The van der Waals surface area contributed by atoms with E-state index in [0.717, 1.165) is 11.2 Å². The SMILES string of the molecule is Ic1cc2ccccc2nc1-c1ccccc1. The molecule has 2 heteroatoms. The first-order valence-corrected chi connectivity index (χ1v) is 6.53. The minimum atomic E-state index is 1.05. The van der Waals surface area contributed by atoms with Crippen LogP contribution in [-0.2, 0) is 0 Å². The van der Waals surface area contributed by atoms with E-state index >= 15 is 0 Å². The van der Waals surface area contributed by atoms with Crippen LogP contribution in [0.4, 0.5) is 0 Å². The van der Waals surface area contributed by atoms with E-state index in [1.165, 1.54) is 14.5 Å². The highest BCUT2D eigenvalue weighted by Crippen LogP contribution is 2.26. The van der Waals surface area contributed by atoms with E-state index < -0.39 is 0 Å². The summed E-state index contributed by atoms with van der Waals surface area (Å²) in [6.07, 6.45) is 0. The van der Waals surface area contributed by atoms with Gasteiger partial charge in [-0.25, -0.2) is 4.98 Å². The maximum Gasteiger partial charge on any atom is 0.0843 e. The molecule has 0 unspecified atom stereocenters. The smallest absolute Gasteiger partial charge is 0.0843 e. The fourth-order valence-electron chi connectivity index (χ4n) is 1.89. The summed E-state index contributed by atoms with van der Waals surface area (Å²) >= 11 is 2.35. The Morgan fingerprint density at radius 2 is 1.53 bits per heavy atom. The number of para-hydroxylation sites is 1. The van der Waals surface area contributed by atoms with Crippen LogP contribution in [0.25, 0.3) is 22.2 Å². The molecule has 0 bridgehead atoms. The molecule has 0 fully saturated rings. The van der Waals surface area contributed by atoms with E-state index in [2.05, 4.69) is 52.9 Å². The Hall–Kier alpha value is -1.42.